The summed E-state index contributed by atoms with van der Waals surface area (Å²) in [5.74, 6) is -1.37. The molecule has 0 unspecified atom stereocenters. The van der Waals surface area contributed by atoms with Crippen molar-refractivity contribution in [2.24, 2.45) is 0 Å². The number of piperidine rings is 1. The van der Waals surface area contributed by atoms with E-state index < -0.39 is 11.8 Å². The molecule has 0 spiro atoms. The van der Waals surface area contributed by atoms with Crippen molar-refractivity contribution in [1.29, 1.82) is 0 Å². The molecule has 0 N–H and O–H groups in total. The summed E-state index contributed by atoms with van der Waals surface area (Å²) in [7, 11) is 1.37. The third kappa shape index (κ3) is 6.74. The fourth-order valence-corrected chi connectivity index (χ4v) is 4.11. The molecule has 3 rings (SSSR count). The molecule has 1 aromatic carbocycles. The molecule has 0 bridgehead atoms. The summed E-state index contributed by atoms with van der Waals surface area (Å²) in [5, 5.41) is 0. The van der Waals surface area contributed by atoms with Crippen molar-refractivity contribution in [2.45, 2.75) is 70.4 Å². The van der Waals surface area contributed by atoms with Gasteiger partial charge in [0, 0.05) is 26.4 Å². The first-order valence-corrected chi connectivity index (χ1v) is 10.7. The van der Waals surface area contributed by atoms with Gasteiger partial charge in [0.2, 0.25) is 0 Å². The second kappa shape index (κ2) is 10.5. The maximum Gasteiger partial charge on any atom is 0.323 e. The maximum atomic E-state index is 12.5. The summed E-state index contributed by atoms with van der Waals surface area (Å²) in [6, 6.07) is 9.41. The minimum Gasteiger partial charge on any atom is -0.468 e. The Morgan fingerprint density at radius 1 is 1.26 bits per heavy atom. The third-order valence-electron chi connectivity index (χ3n) is 5.64. The fraction of sp³-hybridized carbons (Fsp3) is 0.652. The van der Waals surface area contributed by atoms with Crippen LogP contribution >= 0.6 is 0 Å². The summed E-state index contributed by atoms with van der Waals surface area (Å²) >= 11 is 0. The van der Waals surface area contributed by atoms with Gasteiger partial charge in [0.25, 0.3) is 0 Å². The predicted molar refractivity (Wildman–Crippen MR) is 112 cm³/mol. The second-order valence-electron chi connectivity index (χ2n) is 8.49. The molecule has 2 saturated heterocycles. The largest absolute Gasteiger partial charge is 0.468 e. The number of hydrogen-bond acceptors (Lipinski definition) is 8. The second-order valence-corrected chi connectivity index (χ2v) is 8.49. The minimum atomic E-state index is -0.677. The molecule has 172 valence electrons. The zero-order chi connectivity index (χ0) is 22.4. The third-order valence-corrected chi connectivity index (χ3v) is 5.64. The van der Waals surface area contributed by atoms with Gasteiger partial charge in [-0.2, -0.15) is 0 Å². The van der Waals surface area contributed by atoms with Gasteiger partial charge in [-0.1, -0.05) is 30.3 Å². The van der Waals surface area contributed by atoms with E-state index in [-0.39, 0.29) is 30.3 Å². The molecule has 4 atom stereocenters. The van der Waals surface area contributed by atoms with Crippen LogP contribution in [0.2, 0.25) is 0 Å². The van der Waals surface area contributed by atoms with Crippen LogP contribution in [0.25, 0.3) is 0 Å². The van der Waals surface area contributed by atoms with E-state index in [2.05, 4.69) is 0 Å². The van der Waals surface area contributed by atoms with Gasteiger partial charge in [0.15, 0.2) is 5.79 Å². The number of hydrogen-bond donors (Lipinski definition) is 0. The monoisotopic (exact) mass is 435 g/mol. The molecule has 8 heteroatoms. The molecule has 1 aromatic rings. The SMILES string of the molecule is COC(=O)[C@@H]1C[C@H](OC(C)=O)CCN1C[C@H](OCc1ccccc1)[C@@H]1COC(C)(C)O1. The lowest BCUT2D eigenvalue weighted by atomic mass is 9.98. The molecule has 31 heavy (non-hydrogen) atoms. The quantitative estimate of drug-likeness (QED) is 0.575. The molecule has 2 heterocycles. The summed E-state index contributed by atoms with van der Waals surface area (Å²) in [4.78, 5) is 25.9. The topological polar surface area (TPSA) is 83.5 Å². The first kappa shape index (κ1) is 23.7. The molecule has 0 aromatic heterocycles. The molecule has 0 radical (unpaired) electrons. The molecule has 2 aliphatic rings. The van der Waals surface area contributed by atoms with Gasteiger partial charge >= 0.3 is 11.9 Å². The molecule has 0 amide bonds. The number of ether oxygens (including phenoxy) is 5. The standard InChI is InChI=1S/C23H33NO7/c1-16(25)30-18-10-11-24(19(12-18)22(26)27-4)13-20(21-15-29-23(2,3)31-21)28-14-17-8-6-5-7-9-17/h5-9,18-21H,10-15H2,1-4H3/t18-,19+,20+,21+/m1/s1. The van der Waals surface area contributed by atoms with Crippen LogP contribution in [-0.2, 0) is 39.9 Å². The Hall–Kier alpha value is -2.00. The average molecular weight is 436 g/mol. The number of benzene rings is 1. The Labute approximate surface area is 183 Å². The number of nitrogens with zero attached hydrogens (tertiary/aromatic N) is 1. The molecule has 2 fully saturated rings. The summed E-state index contributed by atoms with van der Waals surface area (Å²) in [5.41, 5.74) is 1.06. The molecular formula is C23H33NO7. The number of methoxy groups -OCH3 is 1. The van der Waals surface area contributed by atoms with Crippen molar-refractivity contribution >= 4 is 11.9 Å². The van der Waals surface area contributed by atoms with Crippen molar-refractivity contribution in [3.8, 4) is 0 Å². The van der Waals surface area contributed by atoms with E-state index in [0.717, 1.165) is 5.56 Å². The van der Waals surface area contributed by atoms with Crippen molar-refractivity contribution in [1.82, 2.24) is 4.90 Å². The summed E-state index contributed by atoms with van der Waals surface area (Å²) in [6.07, 6.45) is 0.172. The predicted octanol–water partition coefficient (Wildman–Crippen LogP) is 2.29. The van der Waals surface area contributed by atoms with Gasteiger partial charge in [-0.25, -0.2) is 0 Å². The Morgan fingerprint density at radius 2 is 2.00 bits per heavy atom. The highest BCUT2D eigenvalue weighted by Gasteiger charge is 2.42. The van der Waals surface area contributed by atoms with Crippen LogP contribution in [0.15, 0.2) is 30.3 Å². The van der Waals surface area contributed by atoms with Gasteiger partial charge in [-0.3, -0.25) is 14.5 Å². The number of rotatable bonds is 8. The maximum absolute atomic E-state index is 12.5. The highest BCUT2D eigenvalue weighted by atomic mass is 16.7. The van der Waals surface area contributed by atoms with Gasteiger partial charge in [0.1, 0.15) is 18.2 Å². The van der Waals surface area contributed by atoms with Crippen LogP contribution in [-0.4, -0.2) is 73.8 Å². The van der Waals surface area contributed by atoms with Crippen LogP contribution in [0.3, 0.4) is 0 Å². The number of likely N-dealkylation sites (tertiary alicyclic amines) is 1. The van der Waals surface area contributed by atoms with Crippen molar-refractivity contribution in [3.05, 3.63) is 35.9 Å². The van der Waals surface area contributed by atoms with Gasteiger partial charge in [0.05, 0.1) is 26.4 Å². The van der Waals surface area contributed by atoms with E-state index in [1.165, 1.54) is 14.0 Å². The van der Waals surface area contributed by atoms with E-state index in [1.807, 2.05) is 49.1 Å². The molecule has 2 aliphatic heterocycles. The highest BCUT2D eigenvalue weighted by Crippen LogP contribution is 2.28. The Bertz CT molecular complexity index is 739. The molecule has 0 aliphatic carbocycles. The van der Waals surface area contributed by atoms with E-state index >= 15 is 0 Å². The summed E-state index contributed by atoms with van der Waals surface area (Å²) < 4.78 is 28.5. The normalized spacial score (nSPS) is 26.9. The minimum absolute atomic E-state index is 0.261. The fourth-order valence-electron chi connectivity index (χ4n) is 4.11. The van der Waals surface area contributed by atoms with Crippen molar-refractivity contribution in [3.63, 3.8) is 0 Å². The van der Waals surface area contributed by atoms with Gasteiger partial charge in [-0.05, 0) is 25.8 Å². The number of carbonyl (C=O) groups excluding carboxylic acids is 2. The number of carbonyl (C=O) groups is 2. The molecule has 8 nitrogen and oxygen atoms in total. The van der Waals surface area contributed by atoms with E-state index in [1.54, 1.807) is 0 Å². The van der Waals surface area contributed by atoms with Crippen molar-refractivity contribution in [2.75, 3.05) is 26.8 Å². The Balaban J connectivity index is 1.71. The average Bonchev–Trinajstić information content (AvgIpc) is 3.11. The smallest absolute Gasteiger partial charge is 0.323 e. The lowest BCUT2D eigenvalue weighted by Gasteiger charge is -2.39. The van der Waals surface area contributed by atoms with E-state index in [9.17, 15) is 9.59 Å². The van der Waals surface area contributed by atoms with E-state index in [0.29, 0.717) is 39.1 Å². The summed E-state index contributed by atoms with van der Waals surface area (Å²) in [6.45, 7) is 7.04. The Morgan fingerprint density at radius 3 is 2.61 bits per heavy atom. The lowest BCUT2D eigenvalue weighted by molar-refractivity contribution is -0.168. The van der Waals surface area contributed by atoms with Gasteiger partial charge in [-0.15, -0.1) is 0 Å². The van der Waals surface area contributed by atoms with Crippen molar-refractivity contribution < 1.29 is 33.3 Å². The first-order valence-electron chi connectivity index (χ1n) is 10.7. The first-order chi connectivity index (χ1) is 14.8. The highest BCUT2D eigenvalue weighted by molar-refractivity contribution is 5.76. The van der Waals surface area contributed by atoms with E-state index in [4.69, 9.17) is 23.7 Å². The van der Waals surface area contributed by atoms with Crippen LogP contribution in [0, 0.1) is 0 Å². The lowest BCUT2D eigenvalue weighted by Crippen LogP contribution is -2.54. The Kier molecular flexibility index (Phi) is 8.05. The zero-order valence-corrected chi connectivity index (χ0v) is 18.7. The number of esters is 2. The van der Waals surface area contributed by atoms with Gasteiger partial charge < -0.3 is 23.7 Å². The molecular weight excluding hydrogens is 402 g/mol. The molecule has 0 saturated carbocycles. The van der Waals surface area contributed by atoms with Crippen LogP contribution in [0.4, 0.5) is 0 Å². The van der Waals surface area contributed by atoms with Crippen LogP contribution in [0.1, 0.15) is 39.2 Å². The zero-order valence-electron chi connectivity index (χ0n) is 18.7. The van der Waals surface area contributed by atoms with Crippen LogP contribution in [0.5, 0.6) is 0 Å². The van der Waals surface area contributed by atoms with Crippen LogP contribution < -0.4 is 0 Å².